The van der Waals surface area contributed by atoms with Crippen molar-refractivity contribution in [3.05, 3.63) is 63.1 Å². The van der Waals surface area contributed by atoms with Crippen molar-refractivity contribution in [2.45, 2.75) is 6.92 Å². The van der Waals surface area contributed by atoms with Crippen LogP contribution in [0.15, 0.2) is 36.4 Å². The Hall–Kier alpha value is -2.04. The molecule has 108 valence electrons. The summed E-state index contributed by atoms with van der Waals surface area (Å²) in [5, 5.41) is 11.9. The van der Waals surface area contributed by atoms with Gasteiger partial charge in [0.1, 0.15) is 0 Å². The van der Waals surface area contributed by atoms with Gasteiger partial charge in [-0.25, -0.2) is 4.79 Å². The average molecular weight is 324 g/mol. The predicted molar refractivity (Wildman–Crippen MR) is 82.6 cm³/mol. The first-order valence-corrected chi connectivity index (χ1v) is 6.74. The lowest BCUT2D eigenvalue weighted by Gasteiger charge is -2.09. The minimum atomic E-state index is -1.09. The van der Waals surface area contributed by atoms with Gasteiger partial charge in [0, 0.05) is 0 Å². The summed E-state index contributed by atoms with van der Waals surface area (Å²) in [4.78, 5) is 23.0. The van der Waals surface area contributed by atoms with E-state index in [1.165, 1.54) is 18.2 Å². The zero-order valence-corrected chi connectivity index (χ0v) is 12.5. The molecular weight excluding hydrogens is 313 g/mol. The second kappa shape index (κ2) is 6.16. The number of carbonyl (C=O) groups excluding carboxylic acids is 1. The molecule has 0 heterocycles. The van der Waals surface area contributed by atoms with Crippen molar-refractivity contribution >= 4 is 40.8 Å². The van der Waals surface area contributed by atoms with Gasteiger partial charge in [0.25, 0.3) is 5.91 Å². The summed E-state index contributed by atoms with van der Waals surface area (Å²) in [6.07, 6.45) is 0. The molecule has 4 nitrogen and oxygen atoms in total. The van der Waals surface area contributed by atoms with Crippen LogP contribution in [-0.4, -0.2) is 17.0 Å². The van der Waals surface area contributed by atoms with Crippen molar-refractivity contribution < 1.29 is 14.7 Å². The standard InChI is InChI=1S/C15H11Cl2NO3/c1-8-2-4-10(11(16)6-8)14(19)18-13-5-3-9(15(20)21)7-12(13)17/h2-7H,1H3,(H,18,19)(H,20,21). The van der Waals surface area contributed by atoms with Gasteiger partial charge in [-0.1, -0.05) is 29.3 Å². The van der Waals surface area contributed by atoms with E-state index in [1.54, 1.807) is 18.2 Å². The fraction of sp³-hybridized carbons (Fsp3) is 0.0667. The summed E-state index contributed by atoms with van der Waals surface area (Å²) in [5.74, 6) is -1.50. The number of aromatic carboxylic acids is 1. The number of hydrogen-bond donors (Lipinski definition) is 2. The number of anilines is 1. The van der Waals surface area contributed by atoms with Crippen LogP contribution >= 0.6 is 23.2 Å². The number of rotatable bonds is 3. The van der Waals surface area contributed by atoms with Crippen LogP contribution < -0.4 is 5.32 Å². The Labute approximate surface area is 131 Å². The molecule has 0 saturated heterocycles. The average Bonchev–Trinajstić information content (AvgIpc) is 2.40. The number of aryl methyl sites for hydroxylation is 1. The third kappa shape index (κ3) is 3.54. The summed E-state index contributed by atoms with van der Waals surface area (Å²) in [6, 6.07) is 9.15. The van der Waals surface area contributed by atoms with Crippen LogP contribution in [0.4, 0.5) is 5.69 Å². The van der Waals surface area contributed by atoms with E-state index in [2.05, 4.69) is 5.32 Å². The van der Waals surface area contributed by atoms with Crippen LogP contribution in [0.1, 0.15) is 26.3 Å². The molecule has 6 heteroatoms. The van der Waals surface area contributed by atoms with E-state index in [0.29, 0.717) is 16.3 Å². The second-order valence-corrected chi connectivity index (χ2v) is 5.25. The highest BCUT2D eigenvalue weighted by molar-refractivity contribution is 6.36. The van der Waals surface area contributed by atoms with Crippen molar-refractivity contribution in [1.29, 1.82) is 0 Å². The molecule has 0 aliphatic heterocycles. The van der Waals surface area contributed by atoms with E-state index in [4.69, 9.17) is 28.3 Å². The van der Waals surface area contributed by atoms with Crippen molar-refractivity contribution in [2.24, 2.45) is 0 Å². The van der Waals surface area contributed by atoms with Gasteiger partial charge in [-0.3, -0.25) is 4.79 Å². The molecule has 0 aliphatic carbocycles. The van der Waals surface area contributed by atoms with Crippen LogP contribution in [0.2, 0.25) is 10.0 Å². The predicted octanol–water partition coefficient (Wildman–Crippen LogP) is 4.25. The fourth-order valence-corrected chi connectivity index (χ4v) is 2.29. The maximum absolute atomic E-state index is 12.1. The quantitative estimate of drug-likeness (QED) is 0.887. The highest BCUT2D eigenvalue weighted by atomic mass is 35.5. The smallest absolute Gasteiger partial charge is 0.335 e. The SMILES string of the molecule is Cc1ccc(C(=O)Nc2ccc(C(=O)O)cc2Cl)c(Cl)c1. The molecule has 0 radical (unpaired) electrons. The second-order valence-electron chi connectivity index (χ2n) is 4.44. The van der Waals surface area contributed by atoms with Crippen molar-refractivity contribution in [2.75, 3.05) is 5.32 Å². The molecule has 2 rings (SSSR count). The minimum absolute atomic E-state index is 0.0476. The van der Waals surface area contributed by atoms with E-state index in [-0.39, 0.29) is 10.6 Å². The first-order valence-electron chi connectivity index (χ1n) is 5.99. The summed E-state index contributed by atoms with van der Waals surface area (Å²) in [5.41, 5.74) is 1.63. The molecule has 21 heavy (non-hydrogen) atoms. The van der Waals surface area contributed by atoms with Gasteiger partial charge in [-0.05, 0) is 42.8 Å². The molecule has 0 saturated carbocycles. The topological polar surface area (TPSA) is 66.4 Å². The molecule has 0 atom stereocenters. The van der Waals surface area contributed by atoms with Crippen molar-refractivity contribution in [3.63, 3.8) is 0 Å². The maximum Gasteiger partial charge on any atom is 0.335 e. The Morgan fingerprint density at radius 3 is 2.33 bits per heavy atom. The van der Waals surface area contributed by atoms with Crippen LogP contribution in [-0.2, 0) is 0 Å². The molecule has 0 spiro atoms. The zero-order chi connectivity index (χ0) is 15.6. The van der Waals surface area contributed by atoms with Crippen molar-refractivity contribution in [3.8, 4) is 0 Å². The number of hydrogen-bond acceptors (Lipinski definition) is 2. The molecule has 2 aromatic carbocycles. The molecule has 0 aromatic heterocycles. The number of carbonyl (C=O) groups is 2. The van der Waals surface area contributed by atoms with Crippen LogP contribution in [0.3, 0.4) is 0 Å². The number of amides is 1. The van der Waals surface area contributed by atoms with E-state index in [1.807, 2.05) is 6.92 Å². The third-order valence-corrected chi connectivity index (χ3v) is 3.46. The lowest BCUT2D eigenvalue weighted by Crippen LogP contribution is -2.13. The van der Waals surface area contributed by atoms with Gasteiger partial charge in [0.2, 0.25) is 0 Å². The Kier molecular flexibility index (Phi) is 4.50. The number of nitrogens with one attached hydrogen (secondary N) is 1. The Morgan fingerprint density at radius 2 is 1.76 bits per heavy atom. The first-order chi connectivity index (χ1) is 9.88. The molecule has 0 aliphatic rings. The van der Waals surface area contributed by atoms with Gasteiger partial charge >= 0.3 is 5.97 Å². The Morgan fingerprint density at radius 1 is 1.05 bits per heavy atom. The summed E-state index contributed by atoms with van der Waals surface area (Å²) < 4.78 is 0. The van der Waals surface area contributed by atoms with Gasteiger partial charge in [0.05, 0.1) is 26.9 Å². The largest absolute Gasteiger partial charge is 0.478 e. The zero-order valence-electron chi connectivity index (χ0n) is 11.0. The number of halogens is 2. The van der Waals surface area contributed by atoms with Gasteiger partial charge < -0.3 is 10.4 Å². The lowest BCUT2D eigenvalue weighted by molar-refractivity contribution is 0.0696. The Balaban J connectivity index is 2.25. The minimum Gasteiger partial charge on any atom is -0.478 e. The van der Waals surface area contributed by atoms with E-state index >= 15 is 0 Å². The third-order valence-electron chi connectivity index (χ3n) is 2.83. The van der Waals surface area contributed by atoms with E-state index in [9.17, 15) is 9.59 Å². The van der Waals surface area contributed by atoms with Crippen LogP contribution in [0.5, 0.6) is 0 Å². The highest BCUT2D eigenvalue weighted by Crippen LogP contribution is 2.25. The molecule has 2 N–H and O–H groups in total. The number of carboxylic acids is 1. The fourth-order valence-electron chi connectivity index (χ4n) is 1.74. The molecule has 0 unspecified atom stereocenters. The lowest BCUT2D eigenvalue weighted by atomic mass is 10.1. The van der Waals surface area contributed by atoms with Crippen LogP contribution in [0.25, 0.3) is 0 Å². The van der Waals surface area contributed by atoms with Crippen LogP contribution in [0, 0.1) is 6.92 Å². The van der Waals surface area contributed by atoms with Gasteiger partial charge in [0.15, 0.2) is 0 Å². The summed E-state index contributed by atoms with van der Waals surface area (Å²) in [6.45, 7) is 1.87. The van der Waals surface area contributed by atoms with Crippen molar-refractivity contribution in [1.82, 2.24) is 0 Å². The summed E-state index contributed by atoms with van der Waals surface area (Å²) >= 11 is 12.0. The molecule has 0 bridgehead atoms. The number of carboxylic acid groups (broad SMARTS) is 1. The monoisotopic (exact) mass is 323 g/mol. The molecule has 0 fully saturated rings. The summed E-state index contributed by atoms with van der Waals surface area (Å²) in [7, 11) is 0. The first kappa shape index (κ1) is 15.4. The van der Waals surface area contributed by atoms with Gasteiger partial charge in [-0.15, -0.1) is 0 Å². The maximum atomic E-state index is 12.1. The van der Waals surface area contributed by atoms with Gasteiger partial charge in [-0.2, -0.15) is 0 Å². The molecular formula is C15H11Cl2NO3. The van der Waals surface area contributed by atoms with E-state index < -0.39 is 11.9 Å². The van der Waals surface area contributed by atoms with E-state index in [0.717, 1.165) is 5.56 Å². The number of benzene rings is 2. The highest BCUT2D eigenvalue weighted by Gasteiger charge is 2.13. The Bertz CT molecular complexity index is 729. The molecule has 1 amide bonds. The normalized spacial score (nSPS) is 10.2. The molecule has 2 aromatic rings.